The maximum absolute atomic E-state index is 11.9. The van der Waals surface area contributed by atoms with E-state index in [0.29, 0.717) is 12.2 Å². The van der Waals surface area contributed by atoms with E-state index in [9.17, 15) is 18.5 Å². The Morgan fingerprint density at radius 1 is 1.15 bits per heavy atom. The molecular formula is C20H22N2O4S. The van der Waals surface area contributed by atoms with Crippen LogP contribution in [0.1, 0.15) is 24.5 Å². The van der Waals surface area contributed by atoms with Crippen LogP contribution in [0, 0.1) is 10.1 Å². The third-order valence-electron chi connectivity index (χ3n) is 4.85. The lowest BCUT2D eigenvalue weighted by Gasteiger charge is -2.29. The fraction of sp³-hybridized carbons (Fsp3) is 0.300. The van der Waals surface area contributed by atoms with E-state index in [1.165, 1.54) is 28.8 Å². The molecule has 1 aliphatic rings. The normalized spacial score (nSPS) is 14.7. The quantitative estimate of drug-likeness (QED) is 0.576. The molecule has 27 heavy (non-hydrogen) atoms. The first kappa shape index (κ1) is 19.1. The van der Waals surface area contributed by atoms with E-state index < -0.39 is 14.8 Å². The predicted molar refractivity (Wildman–Crippen MR) is 107 cm³/mol. The second-order valence-corrected chi connectivity index (χ2v) is 8.64. The first-order valence-electron chi connectivity index (χ1n) is 8.81. The van der Waals surface area contributed by atoms with E-state index in [1.54, 1.807) is 6.07 Å². The molecule has 1 heterocycles. The van der Waals surface area contributed by atoms with Gasteiger partial charge in [-0.3, -0.25) is 10.1 Å². The van der Waals surface area contributed by atoms with Crippen LogP contribution in [0.15, 0.2) is 53.4 Å². The average Bonchev–Trinajstić information content (AvgIpc) is 2.67. The number of nitro groups is 1. The SMILES string of the molecule is CCc1ccc(C2=CCN(c3ccc([N+](=O)[O-])c(S(C)(=O)=O)c3)CC2)cc1. The second kappa shape index (κ2) is 7.52. The fourth-order valence-corrected chi connectivity index (χ4v) is 4.12. The molecule has 0 radical (unpaired) electrons. The van der Waals surface area contributed by atoms with E-state index in [-0.39, 0.29) is 10.6 Å². The number of nitro benzene ring substituents is 1. The minimum Gasteiger partial charge on any atom is -0.367 e. The number of hydrogen-bond acceptors (Lipinski definition) is 5. The van der Waals surface area contributed by atoms with Crippen LogP contribution in [0.25, 0.3) is 5.57 Å². The van der Waals surface area contributed by atoms with Crippen molar-refractivity contribution in [1.29, 1.82) is 0 Å². The van der Waals surface area contributed by atoms with Gasteiger partial charge in [0.25, 0.3) is 5.69 Å². The van der Waals surface area contributed by atoms with E-state index in [1.807, 2.05) is 4.90 Å². The predicted octanol–water partition coefficient (Wildman–Crippen LogP) is 3.85. The van der Waals surface area contributed by atoms with Crippen LogP contribution in [0.4, 0.5) is 11.4 Å². The molecule has 0 aliphatic carbocycles. The molecule has 1 aliphatic heterocycles. The lowest BCUT2D eigenvalue weighted by molar-refractivity contribution is -0.387. The van der Waals surface area contributed by atoms with Gasteiger partial charge in [-0.05, 0) is 41.7 Å². The van der Waals surface area contributed by atoms with Crippen molar-refractivity contribution in [2.24, 2.45) is 0 Å². The Hall–Kier alpha value is -2.67. The van der Waals surface area contributed by atoms with Crippen molar-refractivity contribution in [3.8, 4) is 0 Å². The summed E-state index contributed by atoms with van der Waals surface area (Å²) in [6, 6.07) is 12.8. The standard InChI is InChI=1S/C20H22N2O4S/c1-3-15-4-6-16(7-5-15)17-10-12-21(13-11-17)18-8-9-19(22(23)24)20(14-18)27(2,25)26/h4-10,14H,3,11-13H2,1-2H3. The first-order chi connectivity index (χ1) is 12.8. The maximum atomic E-state index is 11.9. The molecule has 0 saturated heterocycles. The Balaban J connectivity index is 1.85. The van der Waals surface area contributed by atoms with Crippen LogP contribution in [-0.4, -0.2) is 32.7 Å². The average molecular weight is 386 g/mol. The molecule has 0 amide bonds. The summed E-state index contributed by atoms with van der Waals surface area (Å²) in [6.45, 7) is 3.48. The Labute approximate surface area is 159 Å². The number of aryl methyl sites for hydroxylation is 1. The Morgan fingerprint density at radius 3 is 2.37 bits per heavy atom. The van der Waals surface area contributed by atoms with Crippen molar-refractivity contribution >= 4 is 26.8 Å². The van der Waals surface area contributed by atoms with Gasteiger partial charge in [0.2, 0.25) is 0 Å². The largest absolute Gasteiger partial charge is 0.367 e. The van der Waals surface area contributed by atoms with Gasteiger partial charge in [-0.2, -0.15) is 0 Å². The molecule has 142 valence electrons. The van der Waals surface area contributed by atoms with Crippen molar-refractivity contribution in [2.75, 3.05) is 24.2 Å². The summed E-state index contributed by atoms with van der Waals surface area (Å²) < 4.78 is 23.9. The van der Waals surface area contributed by atoms with E-state index >= 15 is 0 Å². The summed E-state index contributed by atoms with van der Waals surface area (Å²) in [5, 5.41) is 11.1. The van der Waals surface area contributed by atoms with Gasteiger partial charge in [-0.15, -0.1) is 0 Å². The molecule has 2 aromatic rings. The van der Waals surface area contributed by atoms with Crippen LogP contribution >= 0.6 is 0 Å². The lowest BCUT2D eigenvalue weighted by Crippen LogP contribution is -2.28. The zero-order valence-corrected chi connectivity index (χ0v) is 16.2. The summed E-state index contributed by atoms with van der Waals surface area (Å²) in [5.74, 6) is 0. The van der Waals surface area contributed by atoms with E-state index in [4.69, 9.17) is 0 Å². The molecule has 0 N–H and O–H groups in total. The van der Waals surface area contributed by atoms with Gasteiger partial charge < -0.3 is 4.90 Å². The van der Waals surface area contributed by atoms with E-state index in [0.717, 1.165) is 25.6 Å². The molecule has 3 rings (SSSR count). The zero-order chi connectivity index (χ0) is 19.6. The second-order valence-electron chi connectivity index (χ2n) is 6.66. The molecular weight excluding hydrogens is 364 g/mol. The molecule has 0 bridgehead atoms. The summed E-state index contributed by atoms with van der Waals surface area (Å²) in [6.07, 6.45) is 4.96. The Morgan fingerprint density at radius 2 is 1.85 bits per heavy atom. The van der Waals surface area contributed by atoms with E-state index in [2.05, 4.69) is 37.3 Å². The minimum absolute atomic E-state index is 0.241. The Kier molecular flexibility index (Phi) is 5.32. The molecule has 0 saturated carbocycles. The monoisotopic (exact) mass is 386 g/mol. The van der Waals surface area contributed by atoms with Crippen molar-refractivity contribution in [1.82, 2.24) is 0 Å². The van der Waals surface area contributed by atoms with Crippen LogP contribution in [-0.2, 0) is 16.3 Å². The third kappa shape index (κ3) is 4.19. The van der Waals surface area contributed by atoms with Gasteiger partial charge in [0.05, 0.1) is 4.92 Å². The van der Waals surface area contributed by atoms with Crippen molar-refractivity contribution in [2.45, 2.75) is 24.7 Å². The van der Waals surface area contributed by atoms with Crippen molar-refractivity contribution in [3.63, 3.8) is 0 Å². The number of hydrogen-bond donors (Lipinski definition) is 0. The Bertz CT molecular complexity index is 995. The summed E-state index contributed by atoms with van der Waals surface area (Å²) in [5.41, 5.74) is 4.06. The molecule has 6 nitrogen and oxygen atoms in total. The molecule has 0 spiro atoms. The lowest BCUT2D eigenvalue weighted by atomic mass is 9.97. The highest BCUT2D eigenvalue weighted by Gasteiger charge is 2.24. The molecule has 0 unspecified atom stereocenters. The van der Waals surface area contributed by atoms with Crippen LogP contribution in [0.3, 0.4) is 0 Å². The number of rotatable bonds is 5. The number of benzene rings is 2. The number of nitrogens with zero attached hydrogens (tertiary/aromatic N) is 2. The zero-order valence-electron chi connectivity index (χ0n) is 15.4. The molecule has 0 atom stereocenters. The van der Waals surface area contributed by atoms with Gasteiger partial charge >= 0.3 is 0 Å². The van der Waals surface area contributed by atoms with Crippen molar-refractivity contribution < 1.29 is 13.3 Å². The minimum atomic E-state index is -3.68. The molecule has 0 aromatic heterocycles. The van der Waals surface area contributed by atoms with Crippen LogP contribution in [0.2, 0.25) is 0 Å². The molecule has 0 fully saturated rings. The van der Waals surface area contributed by atoms with Gasteiger partial charge in [-0.1, -0.05) is 37.3 Å². The van der Waals surface area contributed by atoms with Crippen LogP contribution in [0.5, 0.6) is 0 Å². The number of sulfone groups is 1. The van der Waals surface area contributed by atoms with Gasteiger partial charge in [0.15, 0.2) is 9.84 Å². The van der Waals surface area contributed by atoms with Gasteiger partial charge in [-0.25, -0.2) is 8.42 Å². The maximum Gasteiger partial charge on any atom is 0.288 e. The summed E-state index contributed by atoms with van der Waals surface area (Å²) in [4.78, 5) is 12.3. The highest BCUT2D eigenvalue weighted by molar-refractivity contribution is 7.90. The topological polar surface area (TPSA) is 80.5 Å². The first-order valence-corrected chi connectivity index (χ1v) is 10.7. The van der Waals surface area contributed by atoms with Gasteiger partial charge in [0.1, 0.15) is 4.90 Å². The summed E-state index contributed by atoms with van der Waals surface area (Å²) >= 11 is 0. The van der Waals surface area contributed by atoms with Gasteiger partial charge in [0, 0.05) is 31.1 Å². The number of anilines is 1. The summed E-state index contributed by atoms with van der Waals surface area (Å²) in [7, 11) is -3.68. The van der Waals surface area contributed by atoms with Crippen molar-refractivity contribution in [3.05, 3.63) is 69.8 Å². The van der Waals surface area contributed by atoms with Crippen LogP contribution < -0.4 is 4.90 Å². The highest BCUT2D eigenvalue weighted by Crippen LogP contribution is 2.31. The highest BCUT2D eigenvalue weighted by atomic mass is 32.2. The smallest absolute Gasteiger partial charge is 0.288 e. The molecule has 2 aromatic carbocycles. The fourth-order valence-electron chi connectivity index (χ4n) is 3.27. The third-order valence-corrected chi connectivity index (χ3v) is 5.97. The molecule has 7 heteroatoms.